The zero-order valence-corrected chi connectivity index (χ0v) is 33.9. The van der Waals surface area contributed by atoms with Crippen LogP contribution < -0.4 is 0 Å². The molecule has 0 aromatic heterocycles. The lowest BCUT2D eigenvalue weighted by Crippen LogP contribution is -2.29. The number of aryl methyl sites for hydroxylation is 1. The topological polar surface area (TPSA) is 102 Å². The number of carbonyl (C=O) groups is 6. The van der Waals surface area contributed by atoms with Crippen molar-refractivity contribution in [3.05, 3.63) is 34.4 Å². The lowest BCUT2D eigenvalue weighted by Gasteiger charge is -2.32. The third-order valence-electron chi connectivity index (χ3n) is 10.4. The van der Waals surface area contributed by atoms with Gasteiger partial charge in [0.25, 0.3) is 0 Å². The highest BCUT2D eigenvalue weighted by Gasteiger charge is 2.33. The molecule has 0 N–H and O–H groups in total. The molecule has 0 aliphatic heterocycles. The monoisotopic (exact) mass is 697 g/mol. The van der Waals surface area contributed by atoms with Gasteiger partial charge in [-0.05, 0) is 93.2 Å². The zero-order valence-electron chi connectivity index (χ0n) is 33.9. The van der Waals surface area contributed by atoms with Crippen LogP contribution in [0.15, 0.2) is 12.1 Å². The van der Waals surface area contributed by atoms with E-state index in [-0.39, 0.29) is 58.4 Å². The first-order valence-corrected chi connectivity index (χ1v) is 19.8. The Morgan fingerprint density at radius 2 is 1.26 bits per heavy atom. The second-order valence-electron chi connectivity index (χ2n) is 15.1. The molecule has 6 heteroatoms. The highest BCUT2D eigenvalue weighted by Crippen LogP contribution is 2.37. The van der Waals surface area contributed by atoms with Crippen molar-refractivity contribution >= 4 is 34.7 Å². The van der Waals surface area contributed by atoms with Crippen LogP contribution in [0.2, 0.25) is 0 Å². The number of carbonyl (C=O) groups excluding carboxylic acids is 6. The van der Waals surface area contributed by atoms with Crippen molar-refractivity contribution in [2.75, 3.05) is 0 Å². The Morgan fingerprint density at radius 1 is 0.780 bits per heavy atom. The summed E-state index contributed by atoms with van der Waals surface area (Å²) in [6, 6.07) is 4.22. The molecule has 3 unspecified atom stereocenters. The summed E-state index contributed by atoms with van der Waals surface area (Å²) in [5.41, 5.74) is 4.31. The maximum atomic E-state index is 12.8. The molecule has 50 heavy (non-hydrogen) atoms. The van der Waals surface area contributed by atoms with Crippen molar-refractivity contribution in [3.63, 3.8) is 0 Å². The Morgan fingerprint density at radius 3 is 1.66 bits per heavy atom. The second kappa shape index (κ2) is 25.2. The minimum Gasteiger partial charge on any atom is -0.300 e. The second-order valence-corrected chi connectivity index (χ2v) is 15.1. The van der Waals surface area contributed by atoms with Crippen LogP contribution in [0.3, 0.4) is 0 Å². The third kappa shape index (κ3) is 17.4. The van der Waals surface area contributed by atoms with Crippen molar-refractivity contribution in [2.24, 2.45) is 23.2 Å². The van der Waals surface area contributed by atoms with Crippen LogP contribution in [-0.4, -0.2) is 34.7 Å². The largest absolute Gasteiger partial charge is 0.300 e. The number of benzene rings is 1. The summed E-state index contributed by atoms with van der Waals surface area (Å²) in [6.07, 6.45) is 12.2. The van der Waals surface area contributed by atoms with Crippen LogP contribution in [0, 0.1) is 37.0 Å². The normalized spacial score (nSPS) is 15.0. The first kappa shape index (κ1) is 47.2. The Bertz CT molecular complexity index is 1190. The molecule has 1 aliphatic rings. The van der Waals surface area contributed by atoms with Crippen LogP contribution in [0.1, 0.15) is 192 Å². The third-order valence-corrected chi connectivity index (χ3v) is 10.4. The minimum atomic E-state index is -0.0690. The van der Waals surface area contributed by atoms with Gasteiger partial charge in [-0.25, -0.2) is 0 Å². The standard InChI is InChI=1S/C24H34O3.C17H30O3.C3H8/c1-6-8-19(21(7-2)22(26)11-16(4)25)12-18-13-20-10-9-15(3)17(5)24(20)23(27)14-18;1-5-14(18)8-11-17(4,12-9-15(19)6-2)13-10-16(20)7-3;1-3-2/h9-10,18-19,21H,6-8,11-14H2,1-5H3;5-13H2,1-4H3;3H2,1-2H3. The highest BCUT2D eigenvalue weighted by atomic mass is 16.2. The van der Waals surface area contributed by atoms with Crippen molar-refractivity contribution in [2.45, 2.75) is 185 Å². The summed E-state index contributed by atoms with van der Waals surface area (Å²) >= 11 is 0. The maximum Gasteiger partial charge on any atom is 0.163 e. The molecular weight excluding hydrogens is 624 g/mol. The van der Waals surface area contributed by atoms with Crippen LogP contribution >= 0.6 is 0 Å². The van der Waals surface area contributed by atoms with Gasteiger partial charge in [0.15, 0.2) is 5.78 Å². The summed E-state index contributed by atoms with van der Waals surface area (Å²) in [5.74, 6) is 1.56. The van der Waals surface area contributed by atoms with Crippen molar-refractivity contribution in [1.82, 2.24) is 0 Å². The Balaban J connectivity index is 0.000000928. The molecule has 0 spiro atoms. The van der Waals surface area contributed by atoms with E-state index in [1.54, 1.807) is 0 Å². The minimum absolute atomic E-state index is 0.0453. The molecular formula is C44H72O6. The molecule has 0 saturated carbocycles. The molecule has 284 valence electrons. The van der Waals surface area contributed by atoms with Gasteiger partial charge in [-0.15, -0.1) is 0 Å². The molecule has 2 rings (SSSR count). The van der Waals surface area contributed by atoms with Gasteiger partial charge in [0.1, 0.15) is 28.9 Å². The Labute approximate surface area is 305 Å². The molecule has 0 heterocycles. The molecule has 3 atom stereocenters. The molecule has 1 aromatic carbocycles. The Kier molecular flexibility index (Phi) is 23.8. The van der Waals surface area contributed by atoms with E-state index in [4.69, 9.17) is 0 Å². The predicted octanol–water partition coefficient (Wildman–Crippen LogP) is 11.1. The summed E-state index contributed by atoms with van der Waals surface area (Å²) in [5, 5.41) is 0. The van der Waals surface area contributed by atoms with Crippen LogP contribution in [0.5, 0.6) is 0 Å². The molecule has 1 aliphatic carbocycles. The quantitative estimate of drug-likeness (QED) is 0.119. The smallest absolute Gasteiger partial charge is 0.163 e. The summed E-state index contributed by atoms with van der Waals surface area (Å²) in [7, 11) is 0. The van der Waals surface area contributed by atoms with Crippen molar-refractivity contribution in [3.8, 4) is 0 Å². The number of hydrogen-bond acceptors (Lipinski definition) is 6. The number of Topliss-reactive ketones (excluding diaryl/α,β-unsaturated/α-hetero) is 6. The van der Waals surface area contributed by atoms with E-state index in [9.17, 15) is 28.8 Å². The Hall–Kier alpha value is -2.76. The summed E-state index contributed by atoms with van der Waals surface area (Å²) < 4.78 is 0. The van der Waals surface area contributed by atoms with Gasteiger partial charge in [-0.1, -0.05) is 86.8 Å². The van der Waals surface area contributed by atoms with Gasteiger partial charge in [0.2, 0.25) is 0 Å². The lowest BCUT2D eigenvalue weighted by molar-refractivity contribution is -0.130. The fraction of sp³-hybridized carbons (Fsp3) is 0.727. The van der Waals surface area contributed by atoms with E-state index in [0.717, 1.165) is 68.1 Å². The molecule has 0 amide bonds. The van der Waals surface area contributed by atoms with Gasteiger partial charge in [-0.3, -0.25) is 28.8 Å². The number of hydrogen-bond donors (Lipinski definition) is 0. The average Bonchev–Trinajstić information content (AvgIpc) is 3.07. The average molecular weight is 697 g/mol. The van der Waals surface area contributed by atoms with Gasteiger partial charge in [-0.2, -0.15) is 0 Å². The van der Waals surface area contributed by atoms with Crippen LogP contribution in [0.25, 0.3) is 0 Å². The maximum absolute atomic E-state index is 12.8. The molecule has 0 saturated heterocycles. The van der Waals surface area contributed by atoms with Crippen LogP contribution in [0.4, 0.5) is 0 Å². The van der Waals surface area contributed by atoms with Gasteiger partial charge in [0, 0.05) is 56.4 Å². The highest BCUT2D eigenvalue weighted by molar-refractivity contribution is 6.00. The molecule has 1 aromatic rings. The lowest BCUT2D eigenvalue weighted by atomic mass is 9.72. The first-order chi connectivity index (χ1) is 23.6. The van der Waals surface area contributed by atoms with E-state index >= 15 is 0 Å². The number of rotatable bonds is 21. The zero-order chi connectivity index (χ0) is 38.4. The number of ketones is 6. The van der Waals surface area contributed by atoms with E-state index in [1.807, 2.05) is 34.6 Å². The molecule has 0 bridgehead atoms. The fourth-order valence-electron chi connectivity index (χ4n) is 7.06. The summed E-state index contributed by atoms with van der Waals surface area (Å²) in [4.78, 5) is 71.4. The predicted molar refractivity (Wildman–Crippen MR) is 207 cm³/mol. The van der Waals surface area contributed by atoms with Gasteiger partial charge >= 0.3 is 0 Å². The number of fused-ring (bicyclic) bond motifs is 1. The van der Waals surface area contributed by atoms with E-state index < -0.39 is 0 Å². The van der Waals surface area contributed by atoms with Gasteiger partial charge < -0.3 is 0 Å². The van der Waals surface area contributed by atoms with Crippen molar-refractivity contribution in [1.29, 1.82) is 0 Å². The molecule has 0 radical (unpaired) electrons. The summed E-state index contributed by atoms with van der Waals surface area (Å²) in [6.45, 7) is 21.8. The van der Waals surface area contributed by atoms with Crippen LogP contribution in [-0.2, 0) is 30.4 Å². The molecule has 0 fully saturated rings. The van der Waals surface area contributed by atoms with Gasteiger partial charge in [0.05, 0.1) is 6.42 Å². The van der Waals surface area contributed by atoms with Crippen molar-refractivity contribution < 1.29 is 28.8 Å². The van der Waals surface area contributed by atoms with E-state index in [0.29, 0.717) is 50.9 Å². The van der Waals surface area contributed by atoms with E-state index in [1.165, 1.54) is 18.9 Å². The first-order valence-electron chi connectivity index (χ1n) is 19.8. The molecule has 6 nitrogen and oxygen atoms in total. The van der Waals surface area contributed by atoms with E-state index in [2.05, 4.69) is 46.8 Å². The SMILES string of the molecule is CCC.CCC(=O)CCC(C)(CCC(=O)CC)CCC(=O)CC.CCCC(CC1CC(=O)c2c(ccc(C)c2C)C1)C(CC)C(=O)CC(C)=O. The fourth-order valence-corrected chi connectivity index (χ4v) is 7.06.